The maximum Gasteiger partial charge on any atom is 0.247 e. The lowest BCUT2D eigenvalue weighted by molar-refractivity contribution is 0.0127. The van der Waals surface area contributed by atoms with Gasteiger partial charge in [-0.15, -0.1) is 0 Å². The minimum absolute atomic E-state index is 0.0129. The number of aromatic amines is 1. The van der Waals surface area contributed by atoms with Crippen LogP contribution < -0.4 is 5.56 Å². The molecule has 140 valence electrons. The maximum absolute atomic E-state index is 11.2. The van der Waals surface area contributed by atoms with Crippen molar-refractivity contribution < 1.29 is 4.74 Å². The summed E-state index contributed by atoms with van der Waals surface area (Å²) in [6, 6.07) is 3.61. The molecule has 0 amide bonds. The lowest BCUT2D eigenvalue weighted by Crippen LogP contribution is -2.47. The second-order valence-corrected chi connectivity index (χ2v) is 8.54. The first kappa shape index (κ1) is 18.6. The van der Waals surface area contributed by atoms with Crippen molar-refractivity contribution in [3.63, 3.8) is 0 Å². The maximum atomic E-state index is 11.2. The molecule has 3 rings (SSSR count). The second kappa shape index (κ2) is 8.47. The summed E-state index contributed by atoms with van der Waals surface area (Å²) in [4.78, 5) is 19.1. The van der Waals surface area contributed by atoms with Gasteiger partial charge < -0.3 is 14.6 Å². The third-order valence-corrected chi connectivity index (χ3v) is 5.49. The van der Waals surface area contributed by atoms with E-state index in [1.807, 2.05) is 12.3 Å². The van der Waals surface area contributed by atoms with Crippen molar-refractivity contribution in [2.24, 2.45) is 11.3 Å². The van der Waals surface area contributed by atoms with Crippen molar-refractivity contribution in [1.82, 2.24) is 14.8 Å². The lowest BCUT2D eigenvalue weighted by atomic mass is 9.87. The number of rotatable bonds is 6. The van der Waals surface area contributed by atoms with E-state index in [-0.39, 0.29) is 5.56 Å². The van der Waals surface area contributed by atoms with Crippen LogP contribution in [0.25, 0.3) is 0 Å². The average Bonchev–Trinajstić information content (AvgIpc) is 2.59. The molecule has 3 heterocycles. The van der Waals surface area contributed by atoms with Crippen molar-refractivity contribution in [3.05, 3.63) is 34.2 Å². The number of nitrogens with one attached hydrogen (secondary N) is 1. The summed E-state index contributed by atoms with van der Waals surface area (Å²) in [6.45, 7) is 13.4. The molecule has 1 aromatic rings. The summed E-state index contributed by atoms with van der Waals surface area (Å²) in [7, 11) is 0. The van der Waals surface area contributed by atoms with Gasteiger partial charge in [0.15, 0.2) is 0 Å². The Balaban J connectivity index is 1.42. The summed E-state index contributed by atoms with van der Waals surface area (Å²) in [6.07, 6.45) is 5.47. The summed E-state index contributed by atoms with van der Waals surface area (Å²) in [5.74, 6) is 0.740. The number of ether oxygens (including phenoxy) is 1. The molecule has 25 heavy (non-hydrogen) atoms. The van der Waals surface area contributed by atoms with Crippen LogP contribution in [0.15, 0.2) is 23.1 Å². The Morgan fingerprint density at radius 1 is 1.08 bits per heavy atom. The quantitative estimate of drug-likeness (QED) is 0.855. The zero-order valence-electron chi connectivity index (χ0n) is 15.8. The molecule has 0 aliphatic carbocycles. The van der Waals surface area contributed by atoms with Crippen LogP contribution >= 0.6 is 0 Å². The van der Waals surface area contributed by atoms with Gasteiger partial charge in [-0.3, -0.25) is 9.69 Å². The van der Waals surface area contributed by atoms with Crippen LogP contribution in [-0.2, 0) is 11.2 Å². The van der Waals surface area contributed by atoms with E-state index in [9.17, 15) is 4.79 Å². The fourth-order valence-corrected chi connectivity index (χ4v) is 4.27. The molecule has 0 unspecified atom stereocenters. The van der Waals surface area contributed by atoms with E-state index in [1.54, 1.807) is 6.07 Å². The molecule has 2 fully saturated rings. The SMILES string of the molecule is CC(C)(CN1CCOCC1)CN1CCC(Cc2ccc(=O)[nH]c2)CC1. The number of pyridine rings is 1. The molecule has 0 aromatic carbocycles. The molecule has 2 aliphatic heterocycles. The molecular weight excluding hydrogens is 314 g/mol. The number of likely N-dealkylation sites (tertiary alicyclic amines) is 1. The van der Waals surface area contributed by atoms with Crippen molar-refractivity contribution >= 4 is 0 Å². The summed E-state index contributed by atoms with van der Waals surface area (Å²) in [5.41, 5.74) is 1.56. The number of hydrogen-bond acceptors (Lipinski definition) is 4. The Morgan fingerprint density at radius 3 is 2.32 bits per heavy atom. The molecule has 1 N–H and O–H groups in total. The predicted molar refractivity (Wildman–Crippen MR) is 101 cm³/mol. The Morgan fingerprint density at radius 2 is 1.72 bits per heavy atom. The molecule has 1 aromatic heterocycles. The van der Waals surface area contributed by atoms with E-state index < -0.39 is 0 Å². The van der Waals surface area contributed by atoms with Crippen LogP contribution in [-0.4, -0.2) is 67.3 Å². The monoisotopic (exact) mass is 347 g/mol. The zero-order valence-corrected chi connectivity index (χ0v) is 15.8. The van der Waals surface area contributed by atoms with Crippen LogP contribution in [0.3, 0.4) is 0 Å². The highest BCUT2D eigenvalue weighted by Crippen LogP contribution is 2.25. The van der Waals surface area contributed by atoms with Crippen LogP contribution in [0.2, 0.25) is 0 Å². The normalized spacial score (nSPS) is 21.5. The zero-order chi connectivity index (χ0) is 17.7. The molecule has 0 spiro atoms. The highest BCUT2D eigenvalue weighted by Gasteiger charge is 2.28. The van der Waals surface area contributed by atoms with E-state index in [4.69, 9.17) is 4.74 Å². The van der Waals surface area contributed by atoms with Gasteiger partial charge in [0.2, 0.25) is 5.56 Å². The first-order valence-electron chi connectivity index (χ1n) is 9.70. The number of piperidine rings is 1. The van der Waals surface area contributed by atoms with Gasteiger partial charge in [0.05, 0.1) is 13.2 Å². The van der Waals surface area contributed by atoms with Crippen molar-refractivity contribution in [3.8, 4) is 0 Å². The molecular formula is C20H33N3O2. The lowest BCUT2D eigenvalue weighted by Gasteiger charge is -2.40. The number of aromatic nitrogens is 1. The molecule has 2 aliphatic rings. The number of nitrogens with zero attached hydrogens (tertiary/aromatic N) is 2. The molecule has 0 saturated carbocycles. The van der Waals surface area contributed by atoms with Crippen molar-refractivity contribution in [2.75, 3.05) is 52.5 Å². The Hall–Kier alpha value is -1.17. The van der Waals surface area contributed by atoms with Gasteiger partial charge in [-0.25, -0.2) is 0 Å². The third kappa shape index (κ3) is 5.94. The van der Waals surface area contributed by atoms with Crippen molar-refractivity contribution in [2.45, 2.75) is 33.1 Å². The van der Waals surface area contributed by atoms with Gasteiger partial charge in [0, 0.05) is 38.4 Å². The standard InChI is InChI=1S/C20H33N3O2/c1-20(2,16-23-9-11-25-12-10-23)15-22-7-5-17(6-8-22)13-18-3-4-19(24)21-14-18/h3-4,14,17H,5-13,15-16H2,1-2H3,(H,21,24). The fourth-order valence-electron chi connectivity index (χ4n) is 4.27. The molecule has 2 saturated heterocycles. The molecule has 0 radical (unpaired) electrons. The van der Waals surface area contributed by atoms with Crippen LogP contribution in [0.4, 0.5) is 0 Å². The molecule has 0 atom stereocenters. The number of H-pyrrole nitrogens is 1. The molecule has 5 nitrogen and oxygen atoms in total. The van der Waals surface area contributed by atoms with Gasteiger partial charge in [-0.05, 0) is 49.2 Å². The Bertz CT molecular complexity index is 564. The van der Waals surface area contributed by atoms with Crippen LogP contribution in [0, 0.1) is 11.3 Å². The van der Waals surface area contributed by atoms with E-state index in [1.165, 1.54) is 38.0 Å². The van der Waals surface area contributed by atoms with Crippen LogP contribution in [0.1, 0.15) is 32.3 Å². The van der Waals surface area contributed by atoms with E-state index in [0.29, 0.717) is 5.41 Å². The van der Waals surface area contributed by atoms with Gasteiger partial charge in [0.1, 0.15) is 0 Å². The Kier molecular flexibility index (Phi) is 6.31. The van der Waals surface area contributed by atoms with E-state index >= 15 is 0 Å². The van der Waals surface area contributed by atoms with Gasteiger partial charge in [0.25, 0.3) is 0 Å². The summed E-state index contributed by atoms with van der Waals surface area (Å²) >= 11 is 0. The minimum Gasteiger partial charge on any atom is -0.379 e. The highest BCUT2D eigenvalue weighted by atomic mass is 16.5. The van der Waals surface area contributed by atoms with Crippen molar-refractivity contribution in [1.29, 1.82) is 0 Å². The number of morpholine rings is 1. The highest BCUT2D eigenvalue weighted by molar-refractivity contribution is 5.09. The molecule has 5 heteroatoms. The van der Waals surface area contributed by atoms with Gasteiger partial charge >= 0.3 is 0 Å². The topological polar surface area (TPSA) is 48.6 Å². The second-order valence-electron chi connectivity index (χ2n) is 8.54. The molecule has 0 bridgehead atoms. The third-order valence-electron chi connectivity index (χ3n) is 5.49. The van der Waals surface area contributed by atoms with Gasteiger partial charge in [-0.2, -0.15) is 0 Å². The first-order chi connectivity index (χ1) is 12.0. The largest absolute Gasteiger partial charge is 0.379 e. The van der Waals surface area contributed by atoms with E-state index in [2.05, 4.69) is 28.6 Å². The number of hydrogen-bond donors (Lipinski definition) is 1. The van der Waals surface area contributed by atoms with Crippen LogP contribution in [0.5, 0.6) is 0 Å². The Labute approximate surface area is 151 Å². The summed E-state index contributed by atoms with van der Waals surface area (Å²) in [5, 5.41) is 0. The summed E-state index contributed by atoms with van der Waals surface area (Å²) < 4.78 is 5.46. The smallest absolute Gasteiger partial charge is 0.247 e. The van der Waals surface area contributed by atoms with E-state index in [0.717, 1.165) is 45.2 Å². The first-order valence-corrected chi connectivity index (χ1v) is 9.70. The van der Waals surface area contributed by atoms with Gasteiger partial charge in [-0.1, -0.05) is 19.9 Å². The average molecular weight is 348 g/mol. The fraction of sp³-hybridized carbons (Fsp3) is 0.750. The predicted octanol–water partition coefficient (Wildman–Crippen LogP) is 1.99. The minimum atomic E-state index is -0.0129.